The van der Waals surface area contributed by atoms with Gasteiger partial charge in [-0.3, -0.25) is 0 Å². The molecule has 0 aromatic heterocycles. The van der Waals surface area contributed by atoms with Crippen LogP contribution in [0.15, 0.2) is 34.8 Å². The first-order chi connectivity index (χ1) is 9.56. The number of rotatable bonds is 2. The van der Waals surface area contributed by atoms with Gasteiger partial charge in [0.15, 0.2) is 0 Å². The molecule has 2 N–H and O–H groups in total. The Morgan fingerprint density at radius 2 is 2.05 bits per heavy atom. The first-order valence-corrected chi connectivity index (χ1v) is 7.39. The van der Waals surface area contributed by atoms with Gasteiger partial charge in [0.25, 0.3) is 0 Å². The molecule has 0 aliphatic carbocycles. The fraction of sp³-hybridized carbons (Fsp3) is 0.200. The maximum absolute atomic E-state index is 13.2. The van der Waals surface area contributed by atoms with Crippen molar-refractivity contribution in [2.75, 3.05) is 6.61 Å². The van der Waals surface area contributed by atoms with Crippen molar-refractivity contribution in [2.45, 2.75) is 12.5 Å². The lowest BCUT2D eigenvalue weighted by Gasteiger charge is -2.18. The Morgan fingerprint density at radius 3 is 2.80 bits per heavy atom. The van der Waals surface area contributed by atoms with Gasteiger partial charge in [0.2, 0.25) is 0 Å². The minimum absolute atomic E-state index is 0.305. The summed E-state index contributed by atoms with van der Waals surface area (Å²) in [6.07, 6.45) is 0.834. The molecule has 0 spiro atoms. The van der Waals surface area contributed by atoms with Gasteiger partial charge in [-0.1, -0.05) is 33.6 Å². The van der Waals surface area contributed by atoms with Crippen LogP contribution in [0.2, 0.25) is 5.02 Å². The van der Waals surface area contributed by atoms with Gasteiger partial charge in [-0.25, -0.2) is 4.39 Å². The van der Waals surface area contributed by atoms with Gasteiger partial charge in [-0.15, -0.1) is 0 Å². The second-order valence-electron chi connectivity index (χ2n) is 4.73. The van der Waals surface area contributed by atoms with Crippen LogP contribution in [0.25, 0.3) is 0 Å². The van der Waals surface area contributed by atoms with Crippen LogP contribution in [-0.2, 0) is 6.42 Å². The third-order valence-corrected chi connectivity index (χ3v) is 4.31. The van der Waals surface area contributed by atoms with Gasteiger partial charge in [0, 0.05) is 21.5 Å². The van der Waals surface area contributed by atoms with E-state index in [9.17, 15) is 4.39 Å². The molecule has 0 amide bonds. The van der Waals surface area contributed by atoms with E-state index < -0.39 is 6.04 Å². The molecule has 0 saturated carbocycles. The largest absolute Gasteiger partial charge is 0.493 e. The maximum Gasteiger partial charge on any atom is 0.127 e. The summed E-state index contributed by atoms with van der Waals surface area (Å²) in [5.74, 6) is 0.499. The van der Waals surface area contributed by atoms with Crippen molar-refractivity contribution >= 4 is 27.5 Å². The summed E-state index contributed by atoms with van der Waals surface area (Å²) < 4.78 is 19.5. The standard InChI is InChI=1S/C15H12BrClFNO/c16-13-7-10(18)1-2-11(13)14(19)12-6-9(17)5-8-3-4-20-15(8)12/h1-2,5-7,14H,3-4,19H2. The highest BCUT2D eigenvalue weighted by Gasteiger charge is 2.23. The van der Waals surface area contributed by atoms with Crippen molar-refractivity contribution in [1.82, 2.24) is 0 Å². The zero-order valence-corrected chi connectivity index (χ0v) is 12.8. The molecule has 5 heteroatoms. The summed E-state index contributed by atoms with van der Waals surface area (Å²) in [5.41, 5.74) is 9.02. The Kier molecular flexibility index (Phi) is 3.71. The number of hydrogen-bond donors (Lipinski definition) is 1. The van der Waals surface area contributed by atoms with Crippen LogP contribution in [0, 0.1) is 5.82 Å². The Balaban J connectivity index is 2.09. The minimum Gasteiger partial charge on any atom is -0.493 e. The van der Waals surface area contributed by atoms with Gasteiger partial charge >= 0.3 is 0 Å². The first kappa shape index (κ1) is 13.9. The van der Waals surface area contributed by atoms with Crippen molar-refractivity contribution in [2.24, 2.45) is 5.73 Å². The molecule has 0 bridgehead atoms. The number of nitrogens with two attached hydrogens (primary N) is 1. The molecular weight excluding hydrogens is 345 g/mol. The van der Waals surface area contributed by atoms with Gasteiger partial charge in [0.05, 0.1) is 12.6 Å². The molecule has 0 saturated heterocycles. The molecule has 0 radical (unpaired) electrons. The third kappa shape index (κ3) is 2.43. The van der Waals surface area contributed by atoms with E-state index in [0.717, 1.165) is 28.9 Å². The van der Waals surface area contributed by atoms with Crippen molar-refractivity contribution in [1.29, 1.82) is 0 Å². The number of halogens is 3. The second kappa shape index (κ2) is 5.35. The highest BCUT2D eigenvalue weighted by atomic mass is 79.9. The van der Waals surface area contributed by atoms with E-state index in [0.29, 0.717) is 16.1 Å². The second-order valence-corrected chi connectivity index (χ2v) is 6.02. The molecule has 20 heavy (non-hydrogen) atoms. The van der Waals surface area contributed by atoms with E-state index in [2.05, 4.69) is 15.9 Å². The first-order valence-electron chi connectivity index (χ1n) is 6.22. The average Bonchev–Trinajstić information content (AvgIpc) is 2.85. The Bertz CT molecular complexity index is 677. The van der Waals surface area contributed by atoms with E-state index in [1.807, 2.05) is 12.1 Å². The van der Waals surface area contributed by atoms with E-state index in [-0.39, 0.29) is 5.82 Å². The third-order valence-electron chi connectivity index (χ3n) is 3.41. The fourth-order valence-corrected chi connectivity index (χ4v) is 3.30. The quantitative estimate of drug-likeness (QED) is 0.874. The number of ether oxygens (including phenoxy) is 1. The van der Waals surface area contributed by atoms with Crippen molar-refractivity contribution < 1.29 is 9.13 Å². The smallest absolute Gasteiger partial charge is 0.127 e. The topological polar surface area (TPSA) is 35.2 Å². The van der Waals surface area contributed by atoms with Crippen LogP contribution in [-0.4, -0.2) is 6.61 Å². The summed E-state index contributed by atoms with van der Waals surface area (Å²) in [6.45, 7) is 0.639. The predicted molar refractivity (Wildman–Crippen MR) is 80.8 cm³/mol. The summed E-state index contributed by atoms with van der Waals surface area (Å²) in [5, 5.41) is 0.637. The van der Waals surface area contributed by atoms with E-state index in [1.165, 1.54) is 12.1 Å². The summed E-state index contributed by atoms with van der Waals surface area (Å²) >= 11 is 9.49. The maximum atomic E-state index is 13.2. The molecule has 1 aliphatic heterocycles. The summed E-state index contributed by atoms with van der Waals surface area (Å²) in [4.78, 5) is 0. The van der Waals surface area contributed by atoms with Crippen LogP contribution >= 0.6 is 27.5 Å². The predicted octanol–water partition coefficient (Wildman–Crippen LogP) is 4.22. The van der Waals surface area contributed by atoms with Gasteiger partial charge in [-0.05, 0) is 35.4 Å². The highest BCUT2D eigenvalue weighted by molar-refractivity contribution is 9.10. The SMILES string of the molecule is NC(c1ccc(F)cc1Br)c1cc(Cl)cc2c1OCC2. The number of benzene rings is 2. The molecule has 1 atom stereocenters. The molecule has 2 nitrogen and oxygen atoms in total. The van der Waals surface area contributed by atoms with Crippen molar-refractivity contribution in [3.8, 4) is 5.75 Å². The lowest BCUT2D eigenvalue weighted by molar-refractivity contribution is 0.352. The Labute approximate surface area is 129 Å². The van der Waals surface area contributed by atoms with Crippen LogP contribution in [0.5, 0.6) is 5.75 Å². The molecule has 1 aliphatic rings. The van der Waals surface area contributed by atoms with E-state index in [1.54, 1.807) is 6.07 Å². The van der Waals surface area contributed by atoms with Crippen LogP contribution in [0.3, 0.4) is 0 Å². The van der Waals surface area contributed by atoms with E-state index in [4.69, 9.17) is 22.1 Å². The number of fused-ring (bicyclic) bond motifs is 1. The average molecular weight is 357 g/mol. The summed E-state index contributed by atoms with van der Waals surface area (Å²) in [6, 6.07) is 7.76. The normalized spacial score (nSPS) is 14.8. The zero-order valence-electron chi connectivity index (χ0n) is 10.5. The molecule has 2 aromatic rings. The number of hydrogen-bond acceptors (Lipinski definition) is 2. The van der Waals surface area contributed by atoms with Crippen LogP contribution in [0.1, 0.15) is 22.7 Å². The monoisotopic (exact) mass is 355 g/mol. The fourth-order valence-electron chi connectivity index (χ4n) is 2.45. The Morgan fingerprint density at radius 1 is 1.25 bits per heavy atom. The van der Waals surface area contributed by atoms with Gasteiger partial charge < -0.3 is 10.5 Å². The molecular formula is C15H12BrClFNO. The van der Waals surface area contributed by atoms with Gasteiger partial charge in [-0.2, -0.15) is 0 Å². The van der Waals surface area contributed by atoms with Gasteiger partial charge in [0.1, 0.15) is 11.6 Å². The van der Waals surface area contributed by atoms with Crippen molar-refractivity contribution in [3.05, 3.63) is 62.3 Å². The molecule has 1 unspecified atom stereocenters. The molecule has 0 fully saturated rings. The molecule has 2 aromatic carbocycles. The molecule has 3 rings (SSSR count). The summed E-state index contributed by atoms with van der Waals surface area (Å²) in [7, 11) is 0. The highest BCUT2D eigenvalue weighted by Crippen LogP contribution is 2.39. The lowest BCUT2D eigenvalue weighted by Crippen LogP contribution is -2.14. The zero-order chi connectivity index (χ0) is 14.3. The Hall–Kier alpha value is -1.10. The van der Waals surface area contributed by atoms with Crippen molar-refractivity contribution in [3.63, 3.8) is 0 Å². The molecule has 1 heterocycles. The minimum atomic E-state index is -0.421. The lowest BCUT2D eigenvalue weighted by atomic mass is 9.96. The van der Waals surface area contributed by atoms with Crippen LogP contribution in [0.4, 0.5) is 4.39 Å². The van der Waals surface area contributed by atoms with Crippen LogP contribution < -0.4 is 10.5 Å². The van der Waals surface area contributed by atoms with E-state index >= 15 is 0 Å². The molecule has 104 valence electrons.